The Hall–Kier alpha value is -2.94. The second kappa shape index (κ2) is 7.52. The fourth-order valence-electron chi connectivity index (χ4n) is 2.44. The molecule has 0 saturated heterocycles. The number of aryl methyl sites for hydroxylation is 1. The maximum atomic E-state index is 12.4. The molecule has 1 amide bonds. The van der Waals surface area contributed by atoms with Crippen molar-refractivity contribution in [2.24, 2.45) is 0 Å². The van der Waals surface area contributed by atoms with Crippen molar-refractivity contribution in [2.45, 2.75) is 26.8 Å². The molecule has 0 saturated carbocycles. The molecule has 0 aromatic carbocycles. The van der Waals surface area contributed by atoms with Crippen LogP contribution in [-0.4, -0.2) is 32.7 Å². The lowest BCUT2D eigenvalue weighted by molar-refractivity contribution is -0.116. The van der Waals surface area contributed by atoms with Gasteiger partial charge >= 0.3 is 11.7 Å². The van der Waals surface area contributed by atoms with Crippen molar-refractivity contribution in [3.8, 4) is 0 Å². The van der Waals surface area contributed by atoms with Gasteiger partial charge in [-0.05, 0) is 31.5 Å². The largest absolute Gasteiger partial charge is 0.462 e. The lowest BCUT2D eigenvalue weighted by atomic mass is 10.2. The SMILES string of the molecule is CCOC(=O)c1cc(CC)sc1NC(=O)Cn1nc2ccccn2c1=O. The number of fused-ring (bicyclic) bond motifs is 1. The van der Waals surface area contributed by atoms with E-state index in [2.05, 4.69) is 10.4 Å². The van der Waals surface area contributed by atoms with Crippen LogP contribution >= 0.6 is 11.3 Å². The van der Waals surface area contributed by atoms with E-state index in [1.807, 2.05) is 6.92 Å². The molecule has 0 aliphatic rings. The first kappa shape index (κ1) is 17.9. The number of nitrogens with zero attached hydrogens (tertiary/aromatic N) is 3. The second-order valence-corrected chi connectivity index (χ2v) is 6.58. The number of anilines is 1. The van der Waals surface area contributed by atoms with Gasteiger partial charge in [0.1, 0.15) is 11.5 Å². The van der Waals surface area contributed by atoms with Crippen LogP contribution in [0.4, 0.5) is 5.00 Å². The molecular formula is C17H18N4O4S. The minimum Gasteiger partial charge on any atom is -0.462 e. The number of ether oxygens (including phenoxy) is 1. The molecule has 0 fully saturated rings. The lowest BCUT2D eigenvalue weighted by Gasteiger charge is -2.05. The average molecular weight is 374 g/mol. The topological polar surface area (TPSA) is 94.7 Å². The number of pyridine rings is 1. The molecule has 0 bridgehead atoms. The fourth-order valence-corrected chi connectivity index (χ4v) is 3.44. The standard InChI is InChI=1S/C17H18N4O4S/c1-3-11-9-12(16(23)25-4-2)15(26-11)18-14(22)10-21-17(24)20-8-6-5-7-13(20)19-21/h5-9H,3-4,10H2,1-2H3,(H,18,22). The molecule has 136 valence electrons. The van der Waals surface area contributed by atoms with E-state index < -0.39 is 17.6 Å². The van der Waals surface area contributed by atoms with Crippen molar-refractivity contribution < 1.29 is 14.3 Å². The van der Waals surface area contributed by atoms with E-state index >= 15 is 0 Å². The number of carbonyl (C=O) groups is 2. The van der Waals surface area contributed by atoms with E-state index in [9.17, 15) is 14.4 Å². The zero-order valence-electron chi connectivity index (χ0n) is 14.4. The highest BCUT2D eigenvalue weighted by Crippen LogP contribution is 2.29. The predicted octanol–water partition coefficient (Wildman–Crippen LogP) is 1.94. The first-order valence-electron chi connectivity index (χ1n) is 8.17. The smallest absolute Gasteiger partial charge is 0.350 e. The summed E-state index contributed by atoms with van der Waals surface area (Å²) >= 11 is 1.32. The van der Waals surface area contributed by atoms with E-state index in [1.54, 1.807) is 37.4 Å². The highest BCUT2D eigenvalue weighted by molar-refractivity contribution is 7.16. The van der Waals surface area contributed by atoms with E-state index in [0.717, 1.165) is 16.0 Å². The average Bonchev–Trinajstić information content (AvgIpc) is 3.17. The van der Waals surface area contributed by atoms with Gasteiger partial charge in [-0.1, -0.05) is 13.0 Å². The van der Waals surface area contributed by atoms with Gasteiger partial charge in [0.25, 0.3) is 0 Å². The minimum atomic E-state index is -0.483. The molecule has 3 aromatic rings. The van der Waals surface area contributed by atoms with Gasteiger partial charge in [0, 0.05) is 11.1 Å². The van der Waals surface area contributed by atoms with Crippen LogP contribution in [0.25, 0.3) is 5.65 Å². The first-order chi connectivity index (χ1) is 12.5. The van der Waals surface area contributed by atoms with Crippen molar-refractivity contribution in [2.75, 3.05) is 11.9 Å². The third-order valence-electron chi connectivity index (χ3n) is 3.66. The maximum Gasteiger partial charge on any atom is 0.350 e. The van der Waals surface area contributed by atoms with Crippen LogP contribution < -0.4 is 11.0 Å². The molecule has 0 unspecified atom stereocenters. The fraction of sp³-hybridized carbons (Fsp3) is 0.294. The molecule has 0 spiro atoms. The van der Waals surface area contributed by atoms with Crippen molar-refractivity contribution in [1.29, 1.82) is 0 Å². The summed E-state index contributed by atoms with van der Waals surface area (Å²) < 4.78 is 7.48. The van der Waals surface area contributed by atoms with Gasteiger partial charge in [0.2, 0.25) is 5.91 Å². The summed E-state index contributed by atoms with van der Waals surface area (Å²) in [5.74, 6) is -0.922. The molecule has 3 aromatic heterocycles. The Labute approximate surface area is 153 Å². The highest BCUT2D eigenvalue weighted by Gasteiger charge is 2.19. The molecule has 3 heterocycles. The number of hydrogen-bond donors (Lipinski definition) is 1. The quantitative estimate of drug-likeness (QED) is 0.666. The number of carbonyl (C=O) groups excluding carboxylic acids is 2. The number of aromatic nitrogens is 3. The monoisotopic (exact) mass is 374 g/mol. The molecule has 8 nitrogen and oxygen atoms in total. The van der Waals surface area contributed by atoms with Crippen molar-refractivity contribution >= 4 is 33.9 Å². The van der Waals surface area contributed by atoms with Crippen molar-refractivity contribution in [3.05, 3.63) is 51.4 Å². The highest BCUT2D eigenvalue weighted by atomic mass is 32.1. The molecule has 0 radical (unpaired) electrons. The van der Waals surface area contributed by atoms with Gasteiger partial charge in [0.15, 0.2) is 5.65 Å². The molecule has 3 rings (SSSR count). The Morgan fingerprint density at radius 3 is 2.81 bits per heavy atom. The van der Waals surface area contributed by atoms with Crippen molar-refractivity contribution in [1.82, 2.24) is 14.2 Å². The summed E-state index contributed by atoms with van der Waals surface area (Å²) in [6.07, 6.45) is 2.32. The van der Waals surface area contributed by atoms with Gasteiger partial charge < -0.3 is 10.1 Å². The second-order valence-electron chi connectivity index (χ2n) is 5.45. The summed E-state index contributed by atoms with van der Waals surface area (Å²) in [4.78, 5) is 37.6. The summed E-state index contributed by atoms with van der Waals surface area (Å²) in [5, 5.41) is 7.23. The van der Waals surface area contributed by atoms with Crippen LogP contribution in [0, 0.1) is 0 Å². The van der Waals surface area contributed by atoms with Gasteiger partial charge in [0.05, 0.1) is 12.2 Å². The van der Waals surface area contributed by atoms with Crippen molar-refractivity contribution in [3.63, 3.8) is 0 Å². The summed E-state index contributed by atoms with van der Waals surface area (Å²) in [5.41, 5.74) is 0.382. The predicted molar refractivity (Wildman–Crippen MR) is 97.7 cm³/mol. The third kappa shape index (κ3) is 3.52. The number of esters is 1. The summed E-state index contributed by atoms with van der Waals surface area (Å²) in [6, 6.07) is 6.87. The number of thiophene rings is 1. The first-order valence-corrected chi connectivity index (χ1v) is 8.99. The lowest BCUT2D eigenvalue weighted by Crippen LogP contribution is -2.28. The Morgan fingerprint density at radius 1 is 1.31 bits per heavy atom. The molecule has 26 heavy (non-hydrogen) atoms. The van der Waals surface area contributed by atoms with E-state index in [1.165, 1.54) is 15.7 Å². The molecule has 9 heteroatoms. The van der Waals surface area contributed by atoms with Gasteiger partial charge in [-0.25, -0.2) is 14.3 Å². The zero-order chi connectivity index (χ0) is 18.7. The van der Waals surface area contributed by atoms with Crippen LogP contribution in [0.2, 0.25) is 0 Å². The molecule has 0 aliphatic heterocycles. The third-order valence-corrected chi connectivity index (χ3v) is 4.86. The minimum absolute atomic E-state index is 0.248. The van der Waals surface area contributed by atoms with E-state index in [4.69, 9.17) is 4.74 Å². The number of hydrogen-bond acceptors (Lipinski definition) is 6. The normalized spacial score (nSPS) is 10.8. The van der Waals surface area contributed by atoms with E-state index in [0.29, 0.717) is 16.2 Å². The van der Waals surface area contributed by atoms with Gasteiger partial charge in [-0.3, -0.25) is 9.20 Å². The number of rotatable bonds is 6. The molecule has 1 N–H and O–H groups in total. The Bertz CT molecular complexity index is 1020. The van der Waals surface area contributed by atoms with Gasteiger partial charge in [-0.15, -0.1) is 16.4 Å². The number of nitrogens with one attached hydrogen (secondary N) is 1. The Morgan fingerprint density at radius 2 is 2.12 bits per heavy atom. The van der Waals surface area contributed by atoms with E-state index in [-0.39, 0.29) is 13.2 Å². The molecule has 0 aliphatic carbocycles. The van der Waals surface area contributed by atoms with Crippen LogP contribution in [0.1, 0.15) is 29.1 Å². The molecular weight excluding hydrogens is 356 g/mol. The summed E-state index contributed by atoms with van der Waals surface area (Å²) in [7, 11) is 0. The zero-order valence-corrected chi connectivity index (χ0v) is 15.2. The Kier molecular flexibility index (Phi) is 5.17. The number of amides is 1. The van der Waals surface area contributed by atoms with Crippen LogP contribution in [0.5, 0.6) is 0 Å². The van der Waals surface area contributed by atoms with Gasteiger partial charge in [-0.2, -0.15) is 0 Å². The molecule has 0 atom stereocenters. The maximum absolute atomic E-state index is 12.4. The summed E-state index contributed by atoms with van der Waals surface area (Å²) in [6.45, 7) is 3.68. The van der Waals surface area contributed by atoms with Crippen LogP contribution in [0.15, 0.2) is 35.3 Å². The van der Waals surface area contributed by atoms with Crippen LogP contribution in [0.3, 0.4) is 0 Å². The van der Waals surface area contributed by atoms with Crippen LogP contribution in [-0.2, 0) is 22.5 Å². The Balaban J connectivity index is 1.81.